The Hall–Kier alpha value is -2.21. The number of nitrogens with zero attached hydrogens (tertiary/aromatic N) is 1. The zero-order valence-corrected chi connectivity index (χ0v) is 13.6. The third-order valence-electron chi connectivity index (χ3n) is 4.55. The summed E-state index contributed by atoms with van der Waals surface area (Å²) < 4.78 is 10.8. The third-order valence-corrected chi connectivity index (χ3v) is 4.55. The standard InChI is InChI=1S/C18H21NO5/c1-12(20)7-14-8-15-10-23-11-16(17(14)21)19(15)18(22)24-9-13-5-3-2-4-6-13/h2-6,14-16H,7-11H2,1H3. The Morgan fingerprint density at radius 2 is 2.00 bits per heavy atom. The Kier molecular flexibility index (Phi) is 4.94. The van der Waals surface area contributed by atoms with Crippen LogP contribution in [0.25, 0.3) is 0 Å². The summed E-state index contributed by atoms with van der Waals surface area (Å²) >= 11 is 0. The summed E-state index contributed by atoms with van der Waals surface area (Å²) in [6.45, 7) is 2.20. The van der Waals surface area contributed by atoms with Crippen molar-refractivity contribution in [2.45, 2.75) is 38.5 Å². The SMILES string of the molecule is CC(=O)CC1CC2COCC(C1=O)N2C(=O)OCc1ccccc1. The maximum Gasteiger partial charge on any atom is 0.411 e. The van der Waals surface area contributed by atoms with E-state index in [1.165, 1.54) is 11.8 Å². The zero-order valence-electron chi connectivity index (χ0n) is 13.6. The molecule has 2 fully saturated rings. The van der Waals surface area contributed by atoms with Gasteiger partial charge in [-0.1, -0.05) is 30.3 Å². The molecule has 3 rings (SSSR count). The molecule has 2 heterocycles. The number of carbonyl (C=O) groups is 3. The van der Waals surface area contributed by atoms with Gasteiger partial charge < -0.3 is 14.3 Å². The molecule has 0 radical (unpaired) electrons. The lowest BCUT2D eigenvalue weighted by atomic mass is 9.81. The van der Waals surface area contributed by atoms with E-state index >= 15 is 0 Å². The van der Waals surface area contributed by atoms with Crippen LogP contribution >= 0.6 is 0 Å². The van der Waals surface area contributed by atoms with Crippen molar-refractivity contribution in [3.8, 4) is 0 Å². The van der Waals surface area contributed by atoms with E-state index in [0.29, 0.717) is 13.0 Å². The number of Topliss-reactive ketones (excluding diaryl/α,β-unsaturated/α-hetero) is 2. The number of morpholine rings is 1. The van der Waals surface area contributed by atoms with Gasteiger partial charge in [0, 0.05) is 12.3 Å². The highest BCUT2D eigenvalue weighted by Gasteiger charge is 2.47. The molecule has 2 saturated heterocycles. The van der Waals surface area contributed by atoms with Gasteiger partial charge >= 0.3 is 6.09 Å². The largest absolute Gasteiger partial charge is 0.445 e. The topological polar surface area (TPSA) is 72.9 Å². The molecule has 1 amide bonds. The molecule has 0 saturated carbocycles. The van der Waals surface area contributed by atoms with Crippen LogP contribution in [-0.2, 0) is 25.7 Å². The van der Waals surface area contributed by atoms with Gasteiger partial charge in [-0.15, -0.1) is 0 Å². The van der Waals surface area contributed by atoms with Gasteiger partial charge in [-0.25, -0.2) is 4.79 Å². The summed E-state index contributed by atoms with van der Waals surface area (Å²) in [5.41, 5.74) is 0.894. The third kappa shape index (κ3) is 3.48. The Balaban J connectivity index is 1.68. The molecule has 128 valence electrons. The highest BCUT2D eigenvalue weighted by Crippen LogP contribution is 2.31. The molecule has 3 atom stereocenters. The molecule has 2 bridgehead atoms. The van der Waals surface area contributed by atoms with Gasteiger partial charge in [0.05, 0.1) is 19.3 Å². The molecule has 2 aliphatic rings. The van der Waals surface area contributed by atoms with Crippen molar-refractivity contribution in [2.75, 3.05) is 13.2 Å². The van der Waals surface area contributed by atoms with E-state index in [-0.39, 0.29) is 43.2 Å². The van der Waals surface area contributed by atoms with E-state index in [2.05, 4.69) is 0 Å². The highest BCUT2D eigenvalue weighted by molar-refractivity contribution is 5.94. The number of ketones is 2. The molecule has 24 heavy (non-hydrogen) atoms. The van der Waals surface area contributed by atoms with Gasteiger partial charge in [-0.3, -0.25) is 9.69 Å². The monoisotopic (exact) mass is 331 g/mol. The van der Waals surface area contributed by atoms with E-state index in [0.717, 1.165) is 5.56 Å². The average Bonchev–Trinajstić information content (AvgIpc) is 2.57. The van der Waals surface area contributed by atoms with Crippen LogP contribution < -0.4 is 0 Å². The van der Waals surface area contributed by atoms with Crippen molar-refractivity contribution < 1.29 is 23.9 Å². The molecule has 1 aromatic rings. The Bertz CT molecular complexity index is 630. The number of rotatable bonds is 4. The first-order valence-electron chi connectivity index (χ1n) is 8.16. The van der Waals surface area contributed by atoms with Crippen molar-refractivity contribution in [2.24, 2.45) is 5.92 Å². The van der Waals surface area contributed by atoms with E-state index < -0.39 is 12.1 Å². The summed E-state index contributed by atoms with van der Waals surface area (Å²) in [6, 6.07) is 8.54. The predicted octanol–water partition coefficient (Wildman–Crippen LogP) is 1.96. The summed E-state index contributed by atoms with van der Waals surface area (Å²) in [5.74, 6) is -0.426. The zero-order chi connectivity index (χ0) is 17.1. The lowest BCUT2D eigenvalue weighted by Crippen LogP contribution is -2.63. The quantitative estimate of drug-likeness (QED) is 0.843. The first kappa shape index (κ1) is 16.6. The second-order valence-electron chi connectivity index (χ2n) is 6.40. The second-order valence-corrected chi connectivity index (χ2v) is 6.40. The van der Waals surface area contributed by atoms with Gasteiger partial charge in [-0.05, 0) is 18.9 Å². The van der Waals surface area contributed by atoms with E-state index in [4.69, 9.17) is 9.47 Å². The second kappa shape index (κ2) is 7.13. The number of piperidine rings is 1. The van der Waals surface area contributed by atoms with Crippen LogP contribution in [0, 0.1) is 5.92 Å². The number of fused-ring (bicyclic) bond motifs is 2. The molecule has 1 aromatic carbocycles. The number of ether oxygens (including phenoxy) is 2. The van der Waals surface area contributed by atoms with Gasteiger partial charge in [0.2, 0.25) is 0 Å². The van der Waals surface area contributed by atoms with Crippen molar-refractivity contribution in [3.05, 3.63) is 35.9 Å². The normalized spacial score (nSPS) is 26.1. The maximum atomic E-state index is 12.6. The molecule has 3 unspecified atom stereocenters. The number of hydrogen-bond donors (Lipinski definition) is 0. The fourth-order valence-electron chi connectivity index (χ4n) is 3.45. The van der Waals surface area contributed by atoms with Gasteiger partial charge in [-0.2, -0.15) is 0 Å². The summed E-state index contributed by atoms with van der Waals surface area (Å²) in [6.07, 6.45) is 0.195. The van der Waals surface area contributed by atoms with E-state index in [9.17, 15) is 14.4 Å². The predicted molar refractivity (Wildman–Crippen MR) is 85.3 cm³/mol. The number of hydrogen-bond acceptors (Lipinski definition) is 5. The molecule has 0 N–H and O–H groups in total. The maximum absolute atomic E-state index is 12.6. The number of amides is 1. The van der Waals surface area contributed by atoms with Crippen molar-refractivity contribution in [1.82, 2.24) is 4.90 Å². The van der Waals surface area contributed by atoms with Gasteiger partial charge in [0.1, 0.15) is 18.4 Å². The lowest BCUT2D eigenvalue weighted by Gasteiger charge is -2.46. The fraction of sp³-hybridized carbons (Fsp3) is 0.500. The molecule has 6 nitrogen and oxygen atoms in total. The molecular weight excluding hydrogens is 310 g/mol. The minimum absolute atomic E-state index is 0.00699. The van der Waals surface area contributed by atoms with Crippen LogP contribution in [-0.4, -0.2) is 47.9 Å². The number of benzene rings is 1. The first-order valence-corrected chi connectivity index (χ1v) is 8.16. The molecular formula is C18H21NO5. The summed E-state index contributed by atoms with van der Waals surface area (Å²) in [7, 11) is 0. The van der Waals surface area contributed by atoms with E-state index in [1.807, 2.05) is 30.3 Å². The van der Waals surface area contributed by atoms with E-state index in [1.54, 1.807) is 0 Å². The van der Waals surface area contributed by atoms with Gasteiger partial charge in [0.25, 0.3) is 0 Å². The molecule has 0 spiro atoms. The van der Waals surface area contributed by atoms with Crippen molar-refractivity contribution >= 4 is 17.7 Å². The van der Waals surface area contributed by atoms with Crippen LogP contribution in [0.15, 0.2) is 30.3 Å². The average molecular weight is 331 g/mol. The fourth-order valence-corrected chi connectivity index (χ4v) is 3.45. The Morgan fingerprint density at radius 3 is 2.71 bits per heavy atom. The molecule has 6 heteroatoms. The van der Waals surface area contributed by atoms with Crippen LogP contribution in [0.4, 0.5) is 4.79 Å². The number of carbonyl (C=O) groups excluding carboxylic acids is 3. The summed E-state index contributed by atoms with van der Waals surface area (Å²) in [4.78, 5) is 37.9. The van der Waals surface area contributed by atoms with Crippen molar-refractivity contribution in [1.29, 1.82) is 0 Å². The molecule has 2 aliphatic heterocycles. The molecule has 0 aromatic heterocycles. The first-order chi connectivity index (χ1) is 11.6. The Labute approximate surface area is 140 Å². The lowest BCUT2D eigenvalue weighted by molar-refractivity contribution is -0.148. The minimum Gasteiger partial charge on any atom is -0.445 e. The van der Waals surface area contributed by atoms with Gasteiger partial charge in [0.15, 0.2) is 5.78 Å². The van der Waals surface area contributed by atoms with Crippen LogP contribution in [0.3, 0.4) is 0 Å². The highest BCUT2D eigenvalue weighted by atomic mass is 16.6. The van der Waals surface area contributed by atoms with Crippen molar-refractivity contribution in [3.63, 3.8) is 0 Å². The smallest absolute Gasteiger partial charge is 0.411 e. The Morgan fingerprint density at radius 1 is 1.25 bits per heavy atom. The van der Waals surface area contributed by atoms with Crippen LogP contribution in [0.2, 0.25) is 0 Å². The minimum atomic E-state index is -0.648. The van der Waals surface area contributed by atoms with Crippen LogP contribution in [0.1, 0.15) is 25.3 Å². The molecule has 0 aliphatic carbocycles. The van der Waals surface area contributed by atoms with Crippen LogP contribution in [0.5, 0.6) is 0 Å². The summed E-state index contributed by atoms with van der Waals surface area (Å²) in [5, 5.41) is 0.